The molecule has 4 N–H and O–H groups in total. The van der Waals surface area contributed by atoms with Gasteiger partial charge >= 0.3 is 0 Å². The van der Waals surface area contributed by atoms with E-state index in [1.165, 1.54) is 32.0 Å². The molecular formula is C12H20N4O. The Hall–Kier alpha value is -1.52. The number of hydrogen-bond acceptors (Lipinski definition) is 4. The molecule has 0 spiro atoms. The molecule has 2 unspecified atom stereocenters. The average Bonchev–Trinajstić information content (AvgIpc) is 2.51. The molecule has 0 radical (unpaired) electrons. The van der Waals surface area contributed by atoms with Crippen molar-refractivity contribution >= 4 is 11.5 Å². The Kier molecular flexibility index (Phi) is 3.66. The minimum absolute atomic E-state index is 0.184. The van der Waals surface area contributed by atoms with Crippen LogP contribution >= 0.6 is 0 Å². The van der Waals surface area contributed by atoms with E-state index in [9.17, 15) is 4.79 Å². The quantitative estimate of drug-likeness (QED) is 0.683. The normalized spacial score (nSPS) is 25.2. The highest BCUT2D eigenvalue weighted by atomic mass is 16.1. The van der Waals surface area contributed by atoms with E-state index in [0.717, 1.165) is 6.42 Å². The topological polar surface area (TPSA) is 83.8 Å². The van der Waals surface area contributed by atoms with Crippen LogP contribution in [0.15, 0.2) is 11.1 Å². The van der Waals surface area contributed by atoms with Crippen molar-refractivity contribution < 1.29 is 0 Å². The van der Waals surface area contributed by atoms with E-state index in [-0.39, 0.29) is 11.2 Å². The van der Waals surface area contributed by atoms with Gasteiger partial charge < -0.3 is 16.0 Å². The fourth-order valence-electron chi connectivity index (χ4n) is 2.41. The van der Waals surface area contributed by atoms with Crippen LogP contribution in [0, 0.1) is 5.92 Å². The van der Waals surface area contributed by atoms with Crippen molar-refractivity contribution in [1.82, 2.24) is 9.97 Å². The second-order valence-electron chi connectivity index (χ2n) is 4.86. The summed E-state index contributed by atoms with van der Waals surface area (Å²) in [4.78, 5) is 17.9. The number of nitrogens with one attached hydrogen (secondary N) is 2. The van der Waals surface area contributed by atoms with E-state index >= 15 is 0 Å². The number of anilines is 2. The number of hydrogen-bond donors (Lipinski definition) is 3. The number of rotatable bonds is 2. The van der Waals surface area contributed by atoms with Crippen LogP contribution in [0.3, 0.4) is 0 Å². The molecule has 0 saturated heterocycles. The molecule has 2 atom stereocenters. The predicted molar refractivity (Wildman–Crippen MR) is 68.9 cm³/mol. The van der Waals surface area contributed by atoms with Crippen molar-refractivity contribution in [2.24, 2.45) is 5.92 Å². The molecule has 5 heteroatoms. The zero-order chi connectivity index (χ0) is 12.3. The van der Waals surface area contributed by atoms with Crippen molar-refractivity contribution in [3.8, 4) is 0 Å². The van der Waals surface area contributed by atoms with Crippen LogP contribution in [-0.4, -0.2) is 16.0 Å². The van der Waals surface area contributed by atoms with Crippen LogP contribution in [0.4, 0.5) is 11.5 Å². The summed E-state index contributed by atoms with van der Waals surface area (Å²) < 4.78 is 0. The fourth-order valence-corrected chi connectivity index (χ4v) is 2.41. The maximum Gasteiger partial charge on any atom is 0.276 e. The van der Waals surface area contributed by atoms with Crippen LogP contribution in [0.25, 0.3) is 0 Å². The highest BCUT2D eigenvalue weighted by Crippen LogP contribution is 2.26. The van der Waals surface area contributed by atoms with Gasteiger partial charge in [-0.1, -0.05) is 26.2 Å². The van der Waals surface area contributed by atoms with E-state index in [0.29, 0.717) is 17.8 Å². The molecule has 1 aromatic heterocycles. The summed E-state index contributed by atoms with van der Waals surface area (Å²) in [5.41, 5.74) is 5.63. The summed E-state index contributed by atoms with van der Waals surface area (Å²) in [5, 5.41) is 3.32. The Labute approximate surface area is 101 Å². The maximum atomic E-state index is 11.4. The van der Waals surface area contributed by atoms with Crippen molar-refractivity contribution in [2.45, 2.75) is 45.1 Å². The zero-order valence-corrected chi connectivity index (χ0v) is 10.2. The molecule has 94 valence electrons. The van der Waals surface area contributed by atoms with E-state index in [1.54, 1.807) is 0 Å². The first kappa shape index (κ1) is 12.0. The van der Waals surface area contributed by atoms with Gasteiger partial charge in [0.05, 0.1) is 6.33 Å². The lowest BCUT2D eigenvalue weighted by Crippen LogP contribution is -2.28. The van der Waals surface area contributed by atoms with Crippen molar-refractivity contribution in [3.63, 3.8) is 0 Å². The molecule has 2 rings (SSSR count). The van der Waals surface area contributed by atoms with Gasteiger partial charge in [-0.05, 0) is 18.8 Å². The van der Waals surface area contributed by atoms with Gasteiger partial charge in [-0.3, -0.25) is 4.79 Å². The number of aromatic amines is 1. The van der Waals surface area contributed by atoms with E-state index in [4.69, 9.17) is 5.73 Å². The Morgan fingerprint density at radius 1 is 1.41 bits per heavy atom. The number of nitrogens with zero attached hydrogens (tertiary/aromatic N) is 1. The second kappa shape index (κ2) is 5.21. The Balaban J connectivity index is 2.13. The van der Waals surface area contributed by atoms with Gasteiger partial charge in [-0.25, -0.2) is 4.98 Å². The number of nitrogen functional groups attached to an aromatic ring is 1. The Bertz CT molecular complexity index is 429. The van der Waals surface area contributed by atoms with Crippen LogP contribution < -0.4 is 16.6 Å². The molecule has 1 saturated carbocycles. The molecule has 1 fully saturated rings. The highest BCUT2D eigenvalue weighted by molar-refractivity contribution is 5.59. The van der Waals surface area contributed by atoms with E-state index in [2.05, 4.69) is 22.2 Å². The van der Waals surface area contributed by atoms with Crippen LogP contribution in [0.1, 0.15) is 39.0 Å². The molecule has 0 amide bonds. The van der Waals surface area contributed by atoms with Gasteiger partial charge in [0.15, 0.2) is 5.82 Å². The zero-order valence-electron chi connectivity index (χ0n) is 10.2. The summed E-state index contributed by atoms with van der Waals surface area (Å²) in [6, 6.07) is 0.370. The predicted octanol–water partition coefficient (Wildman–Crippen LogP) is 1.73. The Morgan fingerprint density at radius 2 is 2.18 bits per heavy atom. The number of nitrogens with two attached hydrogens (primary N) is 1. The minimum atomic E-state index is -0.274. The summed E-state index contributed by atoms with van der Waals surface area (Å²) in [6.45, 7) is 2.24. The van der Waals surface area contributed by atoms with Crippen LogP contribution in [-0.2, 0) is 0 Å². The van der Waals surface area contributed by atoms with Crippen molar-refractivity contribution in [3.05, 3.63) is 16.7 Å². The van der Waals surface area contributed by atoms with Crippen molar-refractivity contribution in [2.75, 3.05) is 11.1 Å². The van der Waals surface area contributed by atoms with Crippen LogP contribution in [0.2, 0.25) is 0 Å². The third-order valence-corrected chi connectivity index (χ3v) is 3.57. The fraction of sp³-hybridized carbons (Fsp3) is 0.667. The second-order valence-corrected chi connectivity index (χ2v) is 4.86. The summed E-state index contributed by atoms with van der Waals surface area (Å²) in [6.07, 6.45) is 7.54. The van der Waals surface area contributed by atoms with Gasteiger partial charge in [0.25, 0.3) is 5.56 Å². The molecule has 0 aliphatic heterocycles. The van der Waals surface area contributed by atoms with E-state index in [1.807, 2.05) is 0 Å². The first-order valence-corrected chi connectivity index (χ1v) is 6.28. The monoisotopic (exact) mass is 236 g/mol. The van der Waals surface area contributed by atoms with Gasteiger partial charge in [-0.15, -0.1) is 0 Å². The number of H-pyrrole nitrogens is 1. The maximum absolute atomic E-state index is 11.4. The van der Waals surface area contributed by atoms with E-state index < -0.39 is 0 Å². The first-order valence-electron chi connectivity index (χ1n) is 6.28. The standard InChI is InChI=1S/C12H20N4O/c1-8-5-3-2-4-6-9(8)16-11-10(13)12(17)15-7-14-11/h7-9H,2-6,13H2,1H3,(H2,14,15,16,17). The molecule has 1 aromatic rings. The molecular weight excluding hydrogens is 216 g/mol. The van der Waals surface area contributed by atoms with Gasteiger partial charge in [0.2, 0.25) is 0 Å². The summed E-state index contributed by atoms with van der Waals surface area (Å²) in [7, 11) is 0. The third kappa shape index (κ3) is 2.78. The average molecular weight is 236 g/mol. The molecule has 5 nitrogen and oxygen atoms in total. The lowest BCUT2D eigenvalue weighted by molar-refractivity contribution is 0.456. The third-order valence-electron chi connectivity index (χ3n) is 3.57. The molecule has 1 heterocycles. The molecule has 0 bridgehead atoms. The van der Waals surface area contributed by atoms with Gasteiger partial charge in [0.1, 0.15) is 5.69 Å². The van der Waals surface area contributed by atoms with Gasteiger partial charge in [0, 0.05) is 6.04 Å². The SMILES string of the molecule is CC1CCCCCC1Nc1nc[nH]c(=O)c1N. The first-order chi connectivity index (χ1) is 8.18. The summed E-state index contributed by atoms with van der Waals surface area (Å²) in [5.74, 6) is 1.12. The van der Waals surface area contributed by atoms with Crippen molar-refractivity contribution in [1.29, 1.82) is 0 Å². The summed E-state index contributed by atoms with van der Waals surface area (Å²) >= 11 is 0. The minimum Gasteiger partial charge on any atom is -0.391 e. The van der Waals surface area contributed by atoms with Crippen LogP contribution in [0.5, 0.6) is 0 Å². The Morgan fingerprint density at radius 3 is 3.00 bits per heavy atom. The number of aromatic nitrogens is 2. The lowest BCUT2D eigenvalue weighted by atomic mass is 9.97. The van der Waals surface area contributed by atoms with Gasteiger partial charge in [-0.2, -0.15) is 0 Å². The molecule has 0 aromatic carbocycles. The lowest BCUT2D eigenvalue weighted by Gasteiger charge is -2.23. The smallest absolute Gasteiger partial charge is 0.276 e. The molecule has 1 aliphatic carbocycles. The largest absolute Gasteiger partial charge is 0.391 e. The molecule has 17 heavy (non-hydrogen) atoms. The highest BCUT2D eigenvalue weighted by Gasteiger charge is 2.21. The molecule has 1 aliphatic rings.